The number of amides is 1. The van der Waals surface area contributed by atoms with Gasteiger partial charge in [-0.3, -0.25) is 4.79 Å². The molecule has 1 aliphatic rings. The molecular weight excluding hydrogens is 923 g/mol. The van der Waals surface area contributed by atoms with Crippen molar-refractivity contribution in [3.63, 3.8) is 0 Å². The van der Waals surface area contributed by atoms with Gasteiger partial charge in [0.25, 0.3) is 0 Å². The van der Waals surface area contributed by atoms with Crippen LogP contribution >= 0.6 is 0 Å². The molecule has 0 aliphatic carbocycles. The molecule has 9 nitrogen and oxygen atoms in total. The fraction of sp³-hybridized carbons (Fsp3) is 0.646. The molecule has 1 fully saturated rings. The third-order valence-electron chi connectivity index (χ3n) is 12.9. The summed E-state index contributed by atoms with van der Waals surface area (Å²) in [5.74, 6) is -0.198. The molecule has 0 saturated carbocycles. The van der Waals surface area contributed by atoms with Gasteiger partial charge in [0.1, 0.15) is 24.4 Å². The lowest BCUT2D eigenvalue weighted by molar-refractivity contribution is -0.302. The number of nitrogens with one attached hydrogen (secondary N) is 1. The van der Waals surface area contributed by atoms with Crippen LogP contribution < -0.4 is 5.32 Å². The van der Waals surface area contributed by atoms with E-state index in [1.165, 1.54) is 89.9 Å². The number of hydrogen-bond acceptors (Lipinski definition) is 8. The quantitative estimate of drug-likeness (QED) is 0.0261. The predicted octanol–water partition coefficient (Wildman–Crippen LogP) is 14.9. The summed E-state index contributed by atoms with van der Waals surface area (Å²) >= 11 is 0. The molecular formula is C65H107NO8. The Kier molecular flexibility index (Phi) is 48.7. The summed E-state index contributed by atoms with van der Waals surface area (Å²) < 4.78 is 11.2. The molecule has 0 bridgehead atoms. The van der Waals surface area contributed by atoms with Gasteiger partial charge in [0.05, 0.1) is 25.4 Å². The molecule has 1 aliphatic heterocycles. The van der Waals surface area contributed by atoms with Crippen LogP contribution in [0.3, 0.4) is 0 Å². The Labute approximate surface area is 451 Å². The van der Waals surface area contributed by atoms with E-state index < -0.39 is 49.5 Å². The van der Waals surface area contributed by atoms with Gasteiger partial charge in [-0.2, -0.15) is 0 Å². The molecule has 0 spiro atoms. The van der Waals surface area contributed by atoms with E-state index in [2.05, 4.69) is 141 Å². The van der Waals surface area contributed by atoms with E-state index in [1.54, 1.807) is 6.08 Å². The number of carbonyl (C=O) groups is 1. The predicted molar refractivity (Wildman–Crippen MR) is 313 cm³/mol. The molecule has 0 aromatic carbocycles. The maximum absolute atomic E-state index is 13.0. The zero-order valence-electron chi connectivity index (χ0n) is 46.5. The van der Waals surface area contributed by atoms with E-state index in [1.807, 2.05) is 6.08 Å². The van der Waals surface area contributed by atoms with Crippen LogP contribution in [-0.2, 0) is 14.3 Å². The number of ether oxygens (including phenoxy) is 2. The number of allylic oxidation sites excluding steroid dienone is 21. The zero-order valence-corrected chi connectivity index (χ0v) is 46.5. The van der Waals surface area contributed by atoms with E-state index in [-0.39, 0.29) is 12.5 Å². The molecule has 1 rings (SSSR count). The van der Waals surface area contributed by atoms with Crippen molar-refractivity contribution >= 4 is 5.91 Å². The van der Waals surface area contributed by atoms with Crippen molar-refractivity contribution in [1.82, 2.24) is 5.32 Å². The largest absolute Gasteiger partial charge is 0.394 e. The smallest absolute Gasteiger partial charge is 0.220 e. The second-order valence-corrected chi connectivity index (χ2v) is 19.7. The highest BCUT2D eigenvalue weighted by molar-refractivity contribution is 5.76. The van der Waals surface area contributed by atoms with Crippen LogP contribution in [0.2, 0.25) is 0 Å². The van der Waals surface area contributed by atoms with Gasteiger partial charge >= 0.3 is 0 Å². The summed E-state index contributed by atoms with van der Waals surface area (Å²) in [5.41, 5.74) is 0. The summed E-state index contributed by atoms with van der Waals surface area (Å²) in [7, 11) is 0. The van der Waals surface area contributed by atoms with Crippen LogP contribution in [0.15, 0.2) is 134 Å². The number of unbranched alkanes of at least 4 members (excludes halogenated alkanes) is 18. The average Bonchev–Trinajstić information content (AvgIpc) is 3.40. The summed E-state index contributed by atoms with van der Waals surface area (Å²) in [5, 5.41) is 54.2. The van der Waals surface area contributed by atoms with Crippen LogP contribution in [0.1, 0.15) is 213 Å². The molecule has 6 N–H and O–H groups in total. The average molecular weight is 1030 g/mol. The van der Waals surface area contributed by atoms with Gasteiger partial charge in [0.2, 0.25) is 5.91 Å². The maximum atomic E-state index is 13.0. The fourth-order valence-electron chi connectivity index (χ4n) is 8.39. The van der Waals surface area contributed by atoms with E-state index in [0.29, 0.717) is 6.42 Å². The van der Waals surface area contributed by atoms with E-state index >= 15 is 0 Å². The van der Waals surface area contributed by atoms with Crippen LogP contribution in [0.4, 0.5) is 0 Å². The highest BCUT2D eigenvalue weighted by atomic mass is 16.7. The number of aliphatic hydroxyl groups excluding tert-OH is 5. The van der Waals surface area contributed by atoms with Gasteiger partial charge in [0.15, 0.2) is 6.29 Å². The van der Waals surface area contributed by atoms with Crippen molar-refractivity contribution in [3.05, 3.63) is 134 Å². The van der Waals surface area contributed by atoms with Crippen LogP contribution in [0.5, 0.6) is 0 Å². The minimum Gasteiger partial charge on any atom is -0.394 e. The molecule has 7 atom stereocenters. The molecule has 9 heteroatoms. The summed E-state index contributed by atoms with van der Waals surface area (Å²) in [4.78, 5) is 13.0. The molecule has 74 heavy (non-hydrogen) atoms. The van der Waals surface area contributed by atoms with Crippen LogP contribution in [-0.4, -0.2) is 87.5 Å². The first-order valence-electron chi connectivity index (χ1n) is 29.4. The molecule has 0 radical (unpaired) electrons. The third kappa shape index (κ3) is 41.6. The van der Waals surface area contributed by atoms with E-state index in [0.717, 1.165) is 103 Å². The van der Waals surface area contributed by atoms with E-state index in [4.69, 9.17) is 9.47 Å². The molecule has 7 unspecified atom stereocenters. The van der Waals surface area contributed by atoms with Gasteiger partial charge in [-0.25, -0.2) is 0 Å². The van der Waals surface area contributed by atoms with Gasteiger partial charge < -0.3 is 40.3 Å². The highest BCUT2D eigenvalue weighted by Crippen LogP contribution is 2.23. The normalized spacial score (nSPS) is 20.0. The second kappa shape index (κ2) is 52.8. The number of hydrogen-bond donors (Lipinski definition) is 6. The lowest BCUT2D eigenvalue weighted by atomic mass is 9.99. The van der Waals surface area contributed by atoms with Crippen molar-refractivity contribution < 1.29 is 39.8 Å². The zero-order chi connectivity index (χ0) is 53.6. The maximum Gasteiger partial charge on any atom is 0.220 e. The Bertz CT molecular complexity index is 1620. The van der Waals surface area contributed by atoms with Crippen molar-refractivity contribution in [2.45, 2.75) is 256 Å². The molecule has 0 aromatic rings. The minimum atomic E-state index is -1.58. The van der Waals surface area contributed by atoms with E-state index in [9.17, 15) is 30.3 Å². The second-order valence-electron chi connectivity index (χ2n) is 19.7. The first-order chi connectivity index (χ1) is 36.3. The Hall–Kier alpha value is -3.67. The third-order valence-corrected chi connectivity index (χ3v) is 12.9. The Morgan fingerprint density at radius 1 is 0.459 bits per heavy atom. The van der Waals surface area contributed by atoms with Crippen molar-refractivity contribution in [3.8, 4) is 0 Å². The number of rotatable bonds is 48. The SMILES string of the molecule is CC/C=C\C/C=C\C/C=C\C/C=C\C/C=C\C/C=C\C/C=C\C/C=C\CCCCCCCCCCCCCCCCCCC(=O)NC(COC1OC(CO)C(O)C(O)C1O)C(O)/C=C/CC/C=C/CC/C=C/CC. The Balaban J connectivity index is 2.07. The number of aliphatic hydroxyl groups is 5. The molecule has 1 saturated heterocycles. The Morgan fingerprint density at radius 3 is 1.24 bits per heavy atom. The van der Waals surface area contributed by atoms with Crippen molar-refractivity contribution in [1.29, 1.82) is 0 Å². The first-order valence-corrected chi connectivity index (χ1v) is 29.4. The first kappa shape index (κ1) is 68.3. The molecule has 1 heterocycles. The summed E-state index contributed by atoms with van der Waals surface area (Å²) in [6.07, 6.45) is 74.1. The van der Waals surface area contributed by atoms with Crippen LogP contribution in [0.25, 0.3) is 0 Å². The highest BCUT2D eigenvalue weighted by Gasteiger charge is 2.44. The van der Waals surface area contributed by atoms with Gasteiger partial charge in [-0.1, -0.05) is 237 Å². The minimum absolute atomic E-state index is 0.198. The lowest BCUT2D eigenvalue weighted by Crippen LogP contribution is -2.60. The molecule has 420 valence electrons. The fourth-order valence-corrected chi connectivity index (χ4v) is 8.39. The standard InChI is InChI=1S/C65H107NO8/c1-3-5-7-9-11-13-15-16-17-18-19-20-21-22-23-24-25-26-27-28-29-30-31-32-33-34-35-36-37-38-39-40-41-42-43-44-45-47-49-51-53-55-61(69)66-58(57-73-65-64(72)63(71)62(70)60(56-67)74-65)59(68)54-52-50-48-46-14-12-10-8-6-4-2/h5-8,11,13-14,16-17,19-20,22-23,25-26,28-29,31-32,46,52,54,58-60,62-65,67-68,70-72H,3-4,9-10,12,15,18,21,24,27,30,33-45,47-51,53,55-57H2,1-2H3,(H,66,69)/b7-5-,8-6+,13-11-,17-16-,20-19-,23-22-,26-25-,29-28-,32-31-,46-14+,54-52+. The molecule has 0 aromatic heterocycles. The molecule has 1 amide bonds. The number of carbonyl (C=O) groups excluding carboxylic acids is 1. The summed E-state index contributed by atoms with van der Waals surface area (Å²) in [6, 6.07) is -0.833. The lowest BCUT2D eigenvalue weighted by Gasteiger charge is -2.40. The van der Waals surface area contributed by atoms with Crippen LogP contribution in [0, 0.1) is 0 Å². The topological polar surface area (TPSA) is 149 Å². The van der Waals surface area contributed by atoms with Gasteiger partial charge in [0, 0.05) is 6.42 Å². The van der Waals surface area contributed by atoms with Crippen molar-refractivity contribution in [2.24, 2.45) is 0 Å². The monoisotopic (exact) mass is 1030 g/mol. The van der Waals surface area contributed by atoms with Crippen molar-refractivity contribution in [2.75, 3.05) is 13.2 Å². The summed E-state index contributed by atoms with van der Waals surface area (Å²) in [6.45, 7) is 3.50. The Morgan fingerprint density at radius 2 is 0.811 bits per heavy atom. The van der Waals surface area contributed by atoms with Gasteiger partial charge in [-0.05, 0) is 103 Å². The van der Waals surface area contributed by atoms with Gasteiger partial charge in [-0.15, -0.1) is 0 Å².